The lowest BCUT2D eigenvalue weighted by molar-refractivity contribution is -0.121. The van der Waals surface area contributed by atoms with Crippen LogP contribution in [0, 0.1) is 5.82 Å². The molecule has 1 amide bonds. The van der Waals surface area contributed by atoms with E-state index >= 15 is 0 Å². The number of pyridine rings is 2. The van der Waals surface area contributed by atoms with Crippen LogP contribution >= 0.6 is 0 Å². The lowest BCUT2D eigenvalue weighted by Gasteiger charge is -2.19. The average Bonchev–Trinajstić information content (AvgIpc) is 2.80. The van der Waals surface area contributed by atoms with Crippen LogP contribution in [-0.4, -0.2) is 41.3 Å². The van der Waals surface area contributed by atoms with Gasteiger partial charge in [0.05, 0.1) is 17.1 Å². The fourth-order valence-electron chi connectivity index (χ4n) is 3.18. The number of hydrogen-bond donors (Lipinski definition) is 1. The van der Waals surface area contributed by atoms with Crippen molar-refractivity contribution in [1.82, 2.24) is 19.2 Å². The van der Waals surface area contributed by atoms with Crippen LogP contribution in [0.4, 0.5) is 4.39 Å². The summed E-state index contributed by atoms with van der Waals surface area (Å²) in [5, 5.41) is 2.64. The van der Waals surface area contributed by atoms with Crippen molar-refractivity contribution in [1.29, 1.82) is 0 Å². The van der Waals surface area contributed by atoms with E-state index < -0.39 is 27.3 Å². The van der Waals surface area contributed by atoms with Gasteiger partial charge in [-0.3, -0.25) is 14.6 Å². The zero-order valence-corrected chi connectivity index (χ0v) is 19.6. The van der Waals surface area contributed by atoms with E-state index in [1.54, 1.807) is 32.0 Å². The van der Waals surface area contributed by atoms with Gasteiger partial charge in [0.2, 0.25) is 15.9 Å². The summed E-state index contributed by atoms with van der Waals surface area (Å²) in [5.41, 5.74) is -0.0234. The molecular formula is C23H25FN4O5S. The van der Waals surface area contributed by atoms with Crippen molar-refractivity contribution in [2.45, 2.75) is 31.8 Å². The molecule has 3 rings (SSSR count). The maximum absolute atomic E-state index is 13.3. The van der Waals surface area contributed by atoms with Gasteiger partial charge in [0.25, 0.3) is 5.56 Å². The predicted molar refractivity (Wildman–Crippen MR) is 123 cm³/mol. The monoisotopic (exact) mass is 488 g/mol. The number of nitrogens with zero attached hydrogens (tertiary/aromatic N) is 3. The predicted octanol–water partition coefficient (Wildman–Crippen LogP) is 2.52. The molecule has 3 aromatic rings. The molecule has 0 saturated heterocycles. The molecule has 0 aliphatic heterocycles. The van der Waals surface area contributed by atoms with Crippen molar-refractivity contribution in [3.05, 3.63) is 82.8 Å². The summed E-state index contributed by atoms with van der Waals surface area (Å²) >= 11 is 0. The molecule has 1 aromatic carbocycles. The van der Waals surface area contributed by atoms with Crippen LogP contribution in [0.2, 0.25) is 0 Å². The SMILES string of the molecule is CCN(CC)S(=O)(=O)c1ccc(=O)n(CC(=O)NCc2cc(Oc3cccc(F)c3)ccn2)c1. The smallest absolute Gasteiger partial charge is 0.251 e. The summed E-state index contributed by atoms with van der Waals surface area (Å²) in [7, 11) is -3.77. The van der Waals surface area contributed by atoms with E-state index in [9.17, 15) is 22.4 Å². The van der Waals surface area contributed by atoms with Crippen LogP contribution in [-0.2, 0) is 27.9 Å². The van der Waals surface area contributed by atoms with Crippen LogP contribution in [0.1, 0.15) is 19.5 Å². The first-order valence-corrected chi connectivity index (χ1v) is 12.0. The second kappa shape index (κ2) is 11.0. The van der Waals surface area contributed by atoms with Gasteiger partial charge in [-0.15, -0.1) is 0 Å². The second-order valence-electron chi connectivity index (χ2n) is 7.24. The largest absolute Gasteiger partial charge is 0.457 e. The highest BCUT2D eigenvalue weighted by molar-refractivity contribution is 7.89. The third-order valence-corrected chi connectivity index (χ3v) is 6.93. The van der Waals surface area contributed by atoms with E-state index in [2.05, 4.69) is 10.3 Å². The molecule has 180 valence electrons. The molecular weight excluding hydrogens is 463 g/mol. The van der Waals surface area contributed by atoms with Crippen molar-refractivity contribution in [2.24, 2.45) is 0 Å². The number of halogens is 1. The third-order valence-electron chi connectivity index (χ3n) is 4.90. The molecule has 34 heavy (non-hydrogen) atoms. The maximum atomic E-state index is 13.3. The first kappa shape index (κ1) is 25.1. The maximum Gasteiger partial charge on any atom is 0.251 e. The van der Waals surface area contributed by atoms with Crippen LogP contribution < -0.4 is 15.6 Å². The quantitative estimate of drug-likeness (QED) is 0.470. The molecule has 2 heterocycles. The molecule has 0 saturated carbocycles. The van der Waals surface area contributed by atoms with Gasteiger partial charge in [-0.1, -0.05) is 19.9 Å². The van der Waals surface area contributed by atoms with E-state index in [1.165, 1.54) is 41.0 Å². The summed E-state index contributed by atoms with van der Waals surface area (Å²) in [6.45, 7) is 3.69. The Morgan fingerprint density at radius 1 is 1.12 bits per heavy atom. The standard InChI is InChI=1S/C23H25FN4O5S/c1-3-28(4-2)34(31,32)21-8-9-23(30)27(15-21)16-22(29)26-14-18-13-20(10-11-25-18)33-19-7-5-6-17(24)12-19/h5-13,15H,3-4,14,16H2,1-2H3,(H,26,29). The Hall–Kier alpha value is -3.57. The highest BCUT2D eigenvalue weighted by Gasteiger charge is 2.22. The molecule has 0 aliphatic carbocycles. The number of aromatic nitrogens is 2. The van der Waals surface area contributed by atoms with Crippen LogP contribution in [0.25, 0.3) is 0 Å². The van der Waals surface area contributed by atoms with Gasteiger partial charge < -0.3 is 14.6 Å². The van der Waals surface area contributed by atoms with Gasteiger partial charge in [0, 0.05) is 43.7 Å². The molecule has 0 unspecified atom stereocenters. The zero-order chi connectivity index (χ0) is 24.7. The van der Waals surface area contributed by atoms with Gasteiger partial charge in [-0.25, -0.2) is 12.8 Å². The Labute approximate surface area is 196 Å². The number of hydrogen-bond acceptors (Lipinski definition) is 6. The molecule has 0 spiro atoms. The normalized spacial score (nSPS) is 11.4. The van der Waals surface area contributed by atoms with E-state index in [4.69, 9.17) is 4.74 Å². The number of benzene rings is 1. The molecule has 11 heteroatoms. The molecule has 0 bridgehead atoms. The topological polar surface area (TPSA) is 111 Å². The van der Waals surface area contributed by atoms with Crippen molar-refractivity contribution in [2.75, 3.05) is 13.1 Å². The fourth-order valence-corrected chi connectivity index (χ4v) is 4.66. The molecule has 0 aliphatic rings. The third kappa shape index (κ3) is 6.27. The minimum Gasteiger partial charge on any atom is -0.457 e. The lowest BCUT2D eigenvalue weighted by Crippen LogP contribution is -2.34. The highest BCUT2D eigenvalue weighted by atomic mass is 32.2. The number of sulfonamides is 1. The van der Waals surface area contributed by atoms with E-state index in [1.807, 2.05) is 0 Å². The summed E-state index contributed by atoms with van der Waals surface area (Å²) in [6.07, 6.45) is 2.66. The molecule has 1 N–H and O–H groups in total. The second-order valence-corrected chi connectivity index (χ2v) is 9.18. The van der Waals surface area contributed by atoms with Gasteiger partial charge in [0.15, 0.2) is 0 Å². The molecule has 0 atom stereocenters. The Balaban J connectivity index is 1.66. The van der Waals surface area contributed by atoms with Crippen molar-refractivity contribution in [3.8, 4) is 11.5 Å². The Morgan fingerprint density at radius 3 is 2.56 bits per heavy atom. The summed E-state index contributed by atoms with van der Waals surface area (Å²) in [6, 6.07) is 11.2. The number of ether oxygens (including phenoxy) is 1. The van der Waals surface area contributed by atoms with Gasteiger partial charge in [-0.05, 0) is 24.3 Å². The van der Waals surface area contributed by atoms with Gasteiger partial charge in [0.1, 0.15) is 23.9 Å². The zero-order valence-electron chi connectivity index (χ0n) is 18.8. The molecule has 0 fully saturated rings. The molecule has 2 aromatic heterocycles. The van der Waals surface area contributed by atoms with Gasteiger partial charge >= 0.3 is 0 Å². The minimum atomic E-state index is -3.77. The summed E-state index contributed by atoms with van der Waals surface area (Å²) < 4.78 is 46.7. The first-order chi connectivity index (χ1) is 16.2. The van der Waals surface area contributed by atoms with E-state index in [0.29, 0.717) is 17.2 Å². The highest BCUT2D eigenvalue weighted by Crippen LogP contribution is 2.22. The molecule has 9 nitrogen and oxygen atoms in total. The number of carbonyl (C=O) groups excluding carboxylic acids is 1. The first-order valence-electron chi connectivity index (χ1n) is 10.6. The number of nitrogens with one attached hydrogen (secondary N) is 1. The average molecular weight is 489 g/mol. The van der Waals surface area contributed by atoms with Crippen molar-refractivity contribution >= 4 is 15.9 Å². The van der Waals surface area contributed by atoms with Crippen LogP contribution in [0.5, 0.6) is 11.5 Å². The van der Waals surface area contributed by atoms with Gasteiger partial charge in [-0.2, -0.15) is 4.31 Å². The number of amides is 1. The number of carbonyl (C=O) groups is 1. The fraction of sp³-hybridized carbons (Fsp3) is 0.261. The Kier molecular flexibility index (Phi) is 8.13. The summed E-state index contributed by atoms with van der Waals surface area (Å²) in [4.78, 5) is 28.7. The molecule has 0 radical (unpaired) electrons. The lowest BCUT2D eigenvalue weighted by atomic mass is 10.3. The Morgan fingerprint density at radius 2 is 1.85 bits per heavy atom. The minimum absolute atomic E-state index is 0.0470. The summed E-state index contributed by atoms with van der Waals surface area (Å²) in [5.74, 6) is -0.198. The van der Waals surface area contributed by atoms with E-state index in [0.717, 1.165) is 10.6 Å². The van der Waals surface area contributed by atoms with Crippen molar-refractivity contribution in [3.63, 3.8) is 0 Å². The van der Waals surface area contributed by atoms with E-state index in [-0.39, 0.29) is 31.1 Å². The van der Waals surface area contributed by atoms with Crippen LogP contribution in [0.15, 0.2) is 70.6 Å². The van der Waals surface area contributed by atoms with Crippen LogP contribution in [0.3, 0.4) is 0 Å². The van der Waals surface area contributed by atoms with Crippen molar-refractivity contribution < 1.29 is 22.3 Å². The number of rotatable bonds is 10. The Bertz CT molecular complexity index is 1320.